The average Bonchev–Trinajstić information content (AvgIpc) is 2.94. The van der Waals surface area contributed by atoms with Crippen molar-refractivity contribution >= 4 is 0 Å². The van der Waals surface area contributed by atoms with Crippen LogP contribution in [0.1, 0.15) is 24.5 Å². The monoisotopic (exact) mass is 229 g/mol. The molecule has 88 valence electrons. The molecule has 1 unspecified atom stereocenters. The van der Waals surface area contributed by atoms with Crippen molar-refractivity contribution in [3.8, 4) is 11.6 Å². The first-order chi connectivity index (χ1) is 8.43. The smallest absolute Gasteiger partial charge is 0.195 e. The van der Waals surface area contributed by atoms with Crippen LogP contribution in [0.25, 0.3) is 11.6 Å². The number of furan rings is 1. The van der Waals surface area contributed by atoms with Gasteiger partial charge in [-0.3, -0.25) is 0 Å². The molecule has 0 saturated carbocycles. The van der Waals surface area contributed by atoms with Crippen LogP contribution in [0.15, 0.2) is 35.1 Å². The van der Waals surface area contributed by atoms with Gasteiger partial charge in [0.25, 0.3) is 0 Å². The van der Waals surface area contributed by atoms with E-state index in [1.165, 1.54) is 12.8 Å². The molecule has 3 heterocycles. The van der Waals surface area contributed by atoms with Crippen LogP contribution in [0, 0.1) is 0 Å². The minimum Gasteiger partial charge on any atom is -0.461 e. The van der Waals surface area contributed by atoms with Crippen molar-refractivity contribution in [2.24, 2.45) is 0 Å². The van der Waals surface area contributed by atoms with Gasteiger partial charge in [0, 0.05) is 24.4 Å². The van der Waals surface area contributed by atoms with E-state index in [0.29, 0.717) is 11.7 Å². The standard InChI is InChI=1S/C13H15N3O/c1-3-10(9-14-6-1)11-5-7-15-13(16-11)12-4-2-8-17-12/h2,4-5,7-8,10,14H,1,3,6,9H2. The molecule has 0 aromatic carbocycles. The molecule has 0 amide bonds. The first-order valence-corrected chi connectivity index (χ1v) is 6.01. The highest BCUT2D eigenvalue weighted by atomic mass is 16.3. The van der Waals surface area contributed by atoms with Crippen LogP contribution in [-0.2, 0) is 0 Å². The third-order valence-electron chi connectivity index (χ3n) is 3.13. The van der Waals surface area contributed by atoms with Crippen molar-refractivity contribution in [3.05, 3.63) is 36.4 Å². The van der Waals surface area contributed by atoms with Crippen LogP contribution in [-0.4, -0.2) is 23.1 Å². The Morgan fingerprint density at radius 3 is 3.12 bits per heavy atom. The highest BCUT2D eigenvalue weighted by Gasteiger charge is 2.17. The molecule has 1 saturated heterocycles. The zero-order chi connectivity index (χ0) is 11.5. The summed E-state index contributed by atoms with van der Waals surface area (Å²) in [7, 11) is 0. The van der Waals surface area contributed by atoms with Crippen LogP contribution < -0.4 is 5.32 Å². The van der Waals surface area contributed by atoms with E-state index in [0.717, 1.165) is 24.5 Å². The van der Waals surface area contributed by atoms with Crippen LogP contribution in [0.4, 0.5) is 0 Å². The van der Waals surface area contributed by atoms with E-state index >= 15 is 0 Å². The first-order valence-electron chi connectivity index (χ1n) is 6.01. The summed E-state index contributed by atoms with van der Waals surface area (Å²) in [6.07, 6.45) is 5.87. The lowest BCUT2D eigenvalue weighted by Crippen LogP contribution is -2.28. The van der Waals surface area contributed by atoms with Crippen molar-refractivity contribution in [2.75, 3.05) is 13.1 Å². The van der Waals surface area contributed by atoms with Gasteiger partial charge < -0.3 is 9.73 Å². The van der Waals surface area contributed by atoms with Gasteiger partial charge in [0.1, 0.15) is 0 Å². The van der Waals surface area contributed by atoms with Gasteiger partial charge in [-0.1, -0.05) is 0 Å². The van der Waals surface area contributed by atoms with Gasteiger partial charge in [-0.25, -0.2) is 9.97 Å². The lowest BCUT2D eigenvalue weighted by molar-refractivity contribution is 0.454. The van der Waals surface area contributed by atoms with Gasteiger partial charge in [-0.05, 0) is 37.6 Å². The van der Waals surface area contributed by atoms with E-state index in [1.807, 2.05) is 24.4 Å². The molecule has 2 aromatic heterocycles. The van der Waals surface area contributed by atoms with Crippen molar-refractivity contribution < 1.29 is 4.42 Å². The van der Waals surface area contributed by atoms with Crippen molar-refractivity contribution in [1.82, 2.24) is 15.3 Å². The minimum absolute atomic E-state index is 0.500. The second-order valence-corrected chi connectivity index (χ2v) is 4.33. The van der Waals surface area contributed by atoms with Gasteiger partial charge in [0.2, 0.25) is 0 Å². The molecule has 1 atom stereocenters. The highest BCUT2D eigenvalue weighted by Crippen LogP contribution is 2.23. The molecule has 0 bridgehead atoms. The molecule has 0 aliphatic carbocycles. The average molecular weight is 229 g/mol. The maximum atomic E-state index is 5.32. The van der Waals surface area contributed by atoms with Gasteiger partial charge in [-0.15, -0.1) is 0 Å². The summed E-state index contributed by atoms with van der Waals surface area (Å²) >= 11 is 0. The molecule has 1 N–H and O–H groups in total. The summed E-state index contributed by atoms with van der Waals surface area (Å²) < 4.78 is 5.32. The summed E-state index contributed by atoms with van der Waals surface area (Å²) in [6.45, 7) is 2.13. The van der Waals surface area contributed by atoms with Crippen LogP contribution in [0.2, 0.25) is 0 Å². The van der Waals surface area contributed by atoms with Crippen molar-refractivity contribution in [3.63, 3.8) is 0 Å². The van der Waals surface area contributed by atoms with Crippen LogP contribution >= 0.6 is 0 Å². The van der Waals surface area contributed by atoms with Crippen LogP contribution in [0.5, 0.6) is 0 Å². The zero-order valence-corrected chi connectivity index (χ0v) is 9.60. The van der Waals surface area contributed by atoms with E-state index in [1.54, 1.807) is 6.26 Å². The summed E-state index contributed by atoms with van der Waals surface area (Å²) in [5, 5.41) is 3.40. The molecule has 17 heavy (non-hydrogen) atoms. The second-order valence-electron chi connectivity index (χ2n) is 4.33. The fourth-order valence-corrected chi connectivity index (χ4v) is 2.23. The van der Waals surface area contributed by atoms with E-state index < -0.39 is 0 Å². The van der Waals surface area contributed by atoms with Crippen molar-refractivity contribution in [2.45, 2.75) is 18.8 Å². The maximum Gasteiger partial charge on any atom is 0.195 e. The number of nitrogens with zero attached hydrogens (tertiary/aromatic N) is 2. The molecular formula is C13H15N3O. The van der Waals surface area contributed by atoms with Gasteiger partial charge in [-0.2, -0.15) is 0 Å². The van der Waals surface area contributed by atoms with Crippen molar-refractivity contribution in [1.29, 1.82) is 0 Å². The minimum atomic E-state index is 0.500. The SMILES string of the molecule is c1coc(-c2nccc(C3CCCNC3)n2)c1. The second kappa shape index (κ2) is 4.67. The normalized spacial score (nSPS) is 20.4. The van der Waals surface area contributed by atoms with E-state index in [4.69, 9.17) is 4.42 Å². The molecule has 0 radical (unpaired) electrons. The molecule has 1 fully saturated rings. The number of nitrogens with one attached hydrogen (secondary N) is 1. The Morgan fingerprint density at radius 2 is 2.35 bits per heavy atom. The number of piperidine rings is 1. The maximum absolute atomic E-state index is 5.32. The molecular weight excluding hydrogens is 214 g/mol. The Morgan fingerprint density at radius 1 is 1.35 bits per heavy atom. The molecule has 4 heteroatoms. The zero-order valence-electron chi connectivity index (χ0n) is 9.60. The van der Waals surface area contributed by atoms with Gasteiger partial charge in [0.15, 0.2) is 11.6 Å². The highest BCUT2D eigenvalue weighted by molar-refractivity contribution is 5.46. The quantitative estimate of drug-likeness (QED) is 0.857. The first kappa shape index (κ1) is 10.5. The number of aromatic nitrogens is 2. The Balaban J connectivity index is 1.88. The Hall–Kier alpha value is -1.68. The van der Waals surface area contributed by atoms with E-state index in [9.17, 15) is 0 Å². The van der Waals surface area contributed by atoms with Gasteiger partial charge >= 0.3 is 0 Å². The number of rotatable bonds is 2. The lowest BCUT2D eigenvalue weighted by atomic mass is 9.96. The molecule has 4 nitrogen and oxygen atoms in total. The van der Waals surface area contributed by atoms with E-state index in [2.05, 4.69) is 15.3 Å². The summed E-state index contributed by atoms with van der Waals surface area (Å²) in [6, 6.07) is 5.75. The molecule has 1 aliphatic rings. The molecule has 3 rings (SSSR count). The fraction of sp³-hybridized carbons (Fsp3) is 0.385. The molecule has 1 aliphatic heterocycles. The third kappa shape index (κ3) is 2.22. The summed E-state index contributed by atoms with van der Waals surface area (Å²) in [5.41, 5.74) is 1.11. The largest absolute Gasteiger partial charge is 0.461 e. The third-order valence-corrected chi connectivity index (χ3v) is 3.13. The van der Waals surface area contributed by atoms with Gasteiger partial charge in [0.05, 0.1) is 6.26 Å². The molecule has 0 spiro atoms. The fourth-order valence-electron chi connectivity index (χ4n) is 2.23. The predicted octanol–water partition coefficient (Wildman–Crippen LogP) is 2.20. The van der Waals surface area contributed by atoms with Crippen LogP contribution in [0.3, 0.4) is 0 Å². The molecule has 2 aromatic rings. The number of hydrogen-bond donors (Lipinski definition) is 1. The lowest BCUT2D eigenvalue weighted by Gasteiger charge is -2.22. The predicted molar refractivity (Wildman–Crippen MR) is 64.6 cm³/mol. The summed E-state index contributed by atoms with van der Waals surface area (Å²) in [4.78, 5) is 8.85. The summed E-state index contributed by atoms with van der Waals surface area (Å²) in [5.74, 6) is 1.91. The Bertz CT molecular complexity index is 475. The Labute approximate surface area is 100 Å². The van der Waals surface area contributed by atoms with E-state index in [-0.39, 0.29) is 0 Å². The Kier molecular flexibility index (Phi) is 2.88. The number of hydrogen-bond acceptors (Lipinski definition) is 4. The topological polar surface area (TPSA) is 51.0 Å².